The van der Waals surface area contributed by atoms with Crippen molar-refractivity contribution in [2.45, 2.75) is 5.25 Å². The van der Waals surface area contributed by atoms with Crippen molar-refractivity contribution in [3.63, 3.8) is 0 Å². The molecule has 0 radical (unpaired) electrons. The molecule has 1 heterocycles. The largest absolute Gasteiger partial charge is 0.383 e. The fourth-order valence-electron chi connectivity index (χ4n) is 1.09. The molecule has 0 amide bonds. The van der Waals surface area contributed by atoms with Gasteiger partial charge in [-0.3, -0.25) is 0 Å². The van der Waals surface area contributed by atoms with E-state index in [1.807, 2.05) is 0 Å². The van der Waals surface area contributed by atoms with Gasteiger partial charge in [0.1, 0.15) is 0 Å². The predicted octanol–water partition coefficient (Wildman–Crippen LogP) is 1.07. The van der Waals surface area contributed by atoms with Crippen molar-refractivity contribution >= 4 is 23.5 Å². The van der Waals surface area contributed by atoms with Crippen LogP contribution in [0.2, 0.25) is 0 Å². The van der Waals surface area contributed by atoms with Crippen molar-refractivity contribution in [1.82, 2.24) is 5.32 Å². The predicted molar refractivity (Wildman–Crippen MR) is 58.3 cm³/mol. The van der Waals surface area contributed by atoms with Crippen LogP contribution in [-0.4, -0.2) is 49.3 Å². The van der Waals surface area contributed by atoms with Gasteiger partial charge in [0, 0.05) is 42.7 Å². The highest BCUT2D eigenvalue weighted by molar-refractivity contribution is 8.06. The third kappa shape index (κ3) is 4.60. The number of nitrogens with one attached hydrogen (secondary N) is 1. The lowest BCUT2D eigenvalue weighted by atomic mass is 10.4. The standard InChI is InChI=1S/C8H17NOS2/c1-10-3-2-9-6-8-7-11-4-5-12-8/h8-9H,2-7H2,1H3. The summed E-state index contributed by atoms with van der Waals surface area (Å²) in [5.41, 5.74) is 0. The molecule has 12 heavy (non-hydrogen) atoms. The SMILES string of the molecule is COCCNCC1CSCCS1. The third-order valence-corrected chi connectivity index (χ3v) is 4.58. The number of hydrogen-bond donors (Lipinski definition) is 1. The van der Waals surface area contributed by atoms with Gasteiger partial charge in [0.15, 0.2) is 0 Å². The van der Waals surface area contributed by atoms with E-state index in [4.69, 9.17) is 4.74 Å². The fraction of sp³-hybridized carbons (Fsp3) is 1.00. The van der Waals surface area contributed by atoms with E-state index in [0.29, 0.717) is 0 Å². The first kappa shape index (κ1) is 10.7. The monoisotopic (exact) mass is 207 g/mol. The van der Waals surface area contributed by atoms with Gasteiger partial charge in [-0.2, -0.15) is 23.5 Å². The topological polar surface area (TPSA) is 21.3 Å². The Kier molecular flexibility index (Phi) is 6.30. The molecule has 1 saturated heterocycles. The molecule has 2 nitrogen and oxygen atoms in total. The lowest BCUT2D eigenvalue weighted by molar-refractivity contribution is 0.199. The zero-order chi connectivity index (χ0) is 8.65. The molecule has 0 aromatic rings. The van der Waals surface area contributed by atoms with Crippen LogP contribution >= 0.6 is 23.5 Å². The molecule has 1 unspecified atom stereocenters. The van der Waals surface area contributed by atoms with Gasteiger partial charge in [-0.1, -0.05) is 0 Å². The second-order valence-electron chi connectivity index (χ2n) is 2.76. The van der Waals surface area contributed by atoms with E-state index in [-0.39, 0.29) is 0 Å². The molecule has 1 aliphatic rings. The van der Waals surface area contributed by atoms with E-state index in [1.165, 1.54) is 17.3 Å². The van der Waals surface area contributed by atoms with Gasteiger partial charge in [0.05, 0.1) is 6.61 Å². The summed E-state index contributed by atoms with van der Waals surface area (Å²) in [7, 11) is 1.74. The Bertz CT molecular complexity index is 107. The van der Waals surface area contributed by atoms with Gasteiger partial charge in [-0.15, -0.1) is 0 Å². The van der Waals surface area contributed by atoms with E-state index in [0.717, 1.165) is 24.9 Å². The maximum Gasteiger partial charge on any atom is 0.0587 e. The van der Waals surface area contributed by atoms with Crippen LogP contribution in [0, 0.1) is 0 Å². The summed E-state index contributed by atoms with van der Waals surface area (Å²) in [6.07, 6.45) is 0. The molecule has 72 valence electrons. The van der Waals surface area contributed by atoms with Crippen LogP contribution in [0.3, 0.4) is 0 Å². The molecule has 4 heteroatoms. The van der Waals surface area contributed by atoms with Crippen LogP contribution in [-0.2, 0) is 4.74 Å². The Labute approximate surface area is 83.2 Å². The maximum atomic E-state index is 4.96. The number of hydrogen-bond acceptors (Lipinski definition) is 4. The van der Waals surface area contributed by atoms with Crippen LogP contribution in [0.5, 0.6) is 0 Å². The summed E-state index contributed by atoms with van der Waals surface area (Å²) in [5, 5.41) is 4.22. The molecule has 0 saturated carbocycles. The highest BCUT2D eigenvalue weighted by Gasteiger charge is 2.12. The van der Waals surface area contributed by atoms with Crippen LogP contribution in [0.1, 0.15) is 0 Å². The Hall–Kier alpha value is 0.620. The molecule has 1 rings (SSSR count). The smallest absolute Gasteiger partial charge is 0.0587 e. The minimum Gasteiger partial charge on any atom is -0.383 e. The molecular formula is C8H17NOS2. The summed E-state index contributed by atoms with van der Waals surface area (Å²) < 4.78 is 4.96. The van der Waals surface area contributed by atoms with E-state index < -0.39 is 0 Å². The first-order valence-corrected chi connectivity index (χ1v) is 6.53. The zero-order valence-corrected chi connectivity index (χ0v) is 9.18. The van der Waals surface area contributed by atoms with Crippen molar-refractivity contribution in [3.05, 3.63) is 0 Å². The fourth-order valence-corrected chi connectivity index (χ4v) is 3.74. The molecule has 0 spiro atoms. The third-order valence-electron chi connectivity index (χ3n) is 1.74. The molecule has 1 fully saturated rings. The van der Waals surface area contributed by atoms with Crippen LogP contribution in [0.4, 0.5) is 0 Å². The Morgan fingerprint density at radius 3 is 3.08 bits per heavy atom. The van der Waals surface area contributed by atoms with Crippen molar-refractivity contribution in [1.29, 1.82) is 0 Å². The van der Waals surface area contributed by atoms with Crippen molar-refractivity contribution in [3.8, 4) is 0 Å². The van der Waals surface area contributed by atoms with E-state index >= 15 is 0 Å². The average molecular weight is 207 g/mol. The van der Waals surface area contributed by atoms with Crippen LogP contribution < -0.4 is 5.32 Å². The van der Waals surface area contributed by atoms with Crippen LogP contribution in [0.25, 0.3) is 0 Å². The summed E-state index contributed by atoms with van der Waals surface area (Å²) in [4.78, 5) is 0. The molecule has 0 aromatic carbocycles. The molecule has 1 atom stereocenters. The lowest BCUT2D eigenvalue weighted by Gasteiger charge is -2.20. The first-order valence-electron chi connectivity index (χ1n) is 4.32. The number of rotatable bonds is 5. The summed E-state index contributed by atoms with van der Waals surface area (Å²) in [6, 6.07) is 0. The van der Waals surface area contributed by atoms with E-state index in [9.17, 15) is 0 Å². The van der Waals surface area contributed by atoms with Gasteiger partial charge >= 0.3 is 0 Å². The van der Waals surface area contributed by atoms with Crippen molar-refractivity contribution in [2.24, 2.45) is 0 Å². The molecule has 0 aromatic heterocycles. The summed E-state index contributed by atoms with van der Waals surface area (Å²) in [6.45, 7) is 2.95. The van der Waals surface area contributed by atoms with Crippen LogP contribution in [0.15, 0.2) is 0 Å². The minimum atomic E-state index is 0.820. The Morgan fingerprint density at radius 1 is 1.50 bits per heavy atom. The molecule has 1 N–H and O–H groups in total. The molecule has 0 aliphatic carbocycles. The lowest BCUT2D eigenvalue weighted by Crippen LogP contribution is -2.30. The van der Waals surface area contributed by atoms with Gasteiger partial charge in [-0.05, 0) is 0 Å². The van der Waals surface area contributed by atoms with E-state index in [2.05, 4.69) is 28.8 Å². The molecule has 1 aliphatic heterocycles. The number of thioether (sulfide) groups is 2. The quantitative estimate of drug-likeness (QED) is 0.681. The highest BCUT2D eigenvalue weighted by atomic mass is 32.2. The first-order chi connectivity index (χ1) is 5.93. The summed E-state index contributed by atoms with van der Waals surface area (Å²) in [5.74, 6) is 3.96. The molecule has 0 bridgehead atoms. The van der Waals surface area contributed by atoms with Gasteiger partial charge < -0.3 is 10.1 Å². The van der Waals surface area contributed by atoms with Gasteiger partial charge in [-0.25, -0.2) is 0 Å². The van der Waals surface area contributed by atoms with Gasteiger partial charge in [0.25, 0.3) is 0 Å². The minimum absolute atomic E-state index is 0.820. The average Bonchev–Trinajstić information content (AvgIpc) is 2.14. The molecular weight excluding hydrogens is 190 g/mol. The number of ether oxygens (including phenoxy) is 1. The van der Waals surface area contributed by atoms with Crippen molar-refractivity contribution in [2.75, 3.05) is 44.1 Å². The van der Waals surface area contributed by atoms with E-state index in [1.54, 1.807) is 7.11 Å². The van der Waals surface area contributed by atoms with Gasteiger partial charge in [0.2, 0.25) is 0 Å². The number of methoxy groups -OCH3 is 1. The highest BCUT2D eigenvalue weighted by Crippen LogP contribution is 2.22. The van der Waals surface area contributed by atoms with Crippen molar-refractivity contribution < 1.29 is 4.74 Å². The second kappa shape index (κ2) is 7.06. The second-order valence-corrected chi connectivity index (χ2v) is 5.32. The Morgan fingerprint density at radius 2 is 2.42 bits per heavy atom. The normalized spacial score (nSPS) is 24.2. The zero-order valence-electron chi connectivity index (χ0n) is 7.54. The maximum absolute atomic E-state index is 4.96. The Balaban J connectivity index is 1.91. The summed E-state index contributed by atoms with van der Waals surface area (Å²) >= 11 is 4.17.